The molecule has 128 valence electrons. The lowest BCUT2D eigenvalue weighted by Crippen LogP contribution is -2.34. The van der Waals surface area contributed by atoms with Crippen LogP contribution in [0.4, 0.5) is 0 Å². The molecule has 0 aromatic heterocycles. The van der Waals surface area contributed by atoms with Crippen molar-refractivity contribution in [2.45, 2.75) is 0 Å². The normalized spacial score (nSPS) is 10.6. The third-order valence-electron chi connectivity index (χ3n) is 3.66. The van der Waals surface area contributed by atoms with Crippen LogP contribution in [-0.4, -0.2) is 30.2 Å². The molecule has 1 amide bonds. The van der Waals surface area contributed by atoms with E-state index in [2.05, 4.69) is 0 Å². The molecule has 3 aromatic carbocycles. The number of carbonyl (C=O) groups is 2. The molecule has 25 heavy (non-hydrogen) atoms. The number of ether oxygens (including phenoxy) is 2. The molecule has 4 N–H and O–H groups in total. The summed E-state index contributed by atoms with van der Waals surface area (Å²) in [7, 11) is 0. The van der Waals surface area contributed by atoms with Gasteiger partial charge < -0.3 is 14.6 Å². The Bertz CT molecular complexity index is 955. The predicted octanol–water partition coefficient (Wildman–Crippen LogP) is 1.83. The molecule has 0 saturated carbocycles. The van der Waals surface area contributed by atoms with Crippen molar-refractivity contribution in [2.75, 3.05) is 13.2 Å². The highest BCUT2D eigenvalue weighted by atomic mass is 16.5. The van der Waals surface area contributed by atoms with Crippen LogP contribution in [0.5, 0.6) is 11.5 Å². The highest BCUT2D eigenvalue weighted by molar-refractivity contribution is 6.05. The van der Waals surface area contributed by atoms with E-state index in [0.717, 1.165) is 16.2 Å². The van der Waals surface area contributed by atoms with Crippen LogP contribution >= 0.6 is 0 Å². The first-order valence-electron chi connectivity index (χ1n) is 7.51. The molecule has 0 fully saturated rings. The number of benzene rings is 3. The number of rotatable bonds is 6. The van der Waals surface area contributed by atoms with Crippen molar-refractivity contribution in [1.82, 2.24) is 5.43 Å². The van der Waals surface area contributed by atoms with Crippen LogP contribution in [0.2, 0.25) is 0 Å². The summed E-state index contributed by atoms with van der Waals surface area (Å²) < 4.78 is 10.9. The van der Waals surface area contributed by atoms with Gasteiger partial charge in [-0.05, 0) is 29.0 Å². The van der Waals surface area contributed by atoms with Crippen molar-refractivity contribution >= 4 is 33.4 Å². The Kier molecular flexibility index (Phi) is 4.67. The molecule has 0 aliphatic rings. The predicted molar refractivity (Wildman–Crippen MR) is 92.4 cm³/mol. The van der Waals surface area contributed by atoms with Gasteiger partial charge >= 0.3 is 5.97 Å². The van der Waals surface area contributed by atoms with E-state index in [0.29, 0.717) is 16.9 Å². The molecular weight excluding hydrogens is 324 g/mol. The van der Waals surface area contributed by atoms with Crippen LogP contribution < -0.4 is 20.7 Å². The second kappa shape index (κ2) is 7.06. The van der Waals surface area contributed by atoms with Gasteiger partial charge in [-0.25, -0.2) is 10.6 Å². The number of nitrogens with two attached hydrogens (primary N) is 1. The zero-order valence-corrected chi connectivity index (χ0v) is 13.2. The monoisotopic (exact) mass is 340 g/mol. The molecule has 7 heteroatoms. The molecule has 0 unspecified atom stereocenters. The summed E-state index contributed by atoms with van der Waals surface area (Å²) in [5, 5.41) is 12.2. The van der Waals surface area contributed by atoms with Crippen LogP contribution in [0.1, 0.15) is 0 Å². The molecule has 0 radical (unpaired) electrons. The van der Waals surface area contributed by atoms with Gasteiger partial charge in [-0.15, -0.1) is 0 Å². The third-order valence-corrected chi connectivity index (χ3v) is 3.66. The fraction of sp³-hybridized carbons (Fsp3) is 0.111. The number of amides is 1. The zero-order chi connectivity index (χ0) is 17.8. The van der Waals surface area contributed by atoms with Crippen molar-refractivity contribution in [2.24, 2.45) is 5.84 Å². The number of nitrogens with one attached hydrogen (secondary N) is 1. The van der Waals surface area contributed by atoms with Crippen LogP contribution in [0.15, 0.2) is 48.5 Å². The van der Waals surface area contributed by atoms with Crippen LogP contribution in [0.25, 0.3) is 21.5 Å². The molecule has 3 aromatic rings. The Morgan fingerprint density at radius 1 is 0.960 bits per heavy atom. The van der Waals surface area contributed by atoms with Gasteiger partial charge in [0.05, 0.1) is 0 Å². The summed E-state index contributed by atoms with van der Waals surface area (Å²) in [6.45, 7) is -0.676. The van der Waals surface area contributed by atoms with Crippen molar-refractivity contribution in [3.8, 4) is 11.5 Å². The Morgan fingerprint density at radius 3 is 2.48 bits per heavy atom. The van der Waals surface area contributed by atoms with E-state index in [1.807, 2.05) is 41.8 Å². The van der Waals surface area contributed by atoms with Crippen molar-refractivity contribution < 1.29 is 24.2 Å². The Labute approximate surface area is 142 Å². The largest absolute Gasteiger partial charge is 0.484 e. The zero-order valence-electron chi connectivity index (χ0n) is 13.2. The first kappa shape index (κ1) is 16.5. The molecule has 0 aliphatic carbocycles. The van der Waals surface area contributed by atoms with Crippen LogP contribution in [-0.2, 0) is 9.59 Å². The minimum atomic E-state index is -1.06. The van der Waals surface area contributed by atoms with E-state index in [9.17, 15) is 9.59 Å². The minimum absolute atomic E-state index is 0.221. The third kappa shape index (κ3) is 3.61. The van der Waals surface area contributed by atoms with Crippen LogP contribution in [0.3, 0.4) is 0 Å². The first-order chi connectivity index (χ1) is 12.1. The van der Waals surface area contributed by atoms with Gasteiger partial charge in [0.15, 0.2) is 13.2 Å². The van der Waals surface area contributed by atoms with Gasteiger partial charge in [-0.2, -0.15) is 0 Å². The first-order valence-corrected chi connectivity index (χ1v) is 7.51. The number of carbonyl (C=O) groups excluding carboxylic acids is 1. The molecule has 7 nitrogen and oxygen atoms in total. The molecule has 0 aliphatic heterocycles. The fourth-order valence-electron chi connectivity index (χ4n) is 2.57. The average molecular weight is 340 g/mol. The fourth-order valence-corrected chi connectivity index (χ4v) is 2.57. The van der Waals surface area contributed by atoms with E-state index in [-0.39, 0.29) is 6.61 Å². The average Bonchev–Trinajstić information content (AvgIpc) is 2.62. The quantitative estimate of drug-likeness (QED) is 0.273. The molecule has 0 bridgehead atoms. The smallest absolute Gasteiger partial charge is 0.341 e. The Hall–Kier alpha value is -3.32. The SMILES string of the molecule is NNC(=O)COc1ccc2cc3ccccc3c(OCC(=O)O)c2c1. The lowest BCUT2D eigenvalue weighted by molar-refractivity contribution is -0.139. The standard InChI is InChI=1S/C18H16N2O5/c19-20-16(21)9-24-13-6-5-12-7-11-3-1-2-4-14(11)18(15(12)8-13)25-10-17(22)23/h1-8H,9-10,19H2,(H,20,21)(H,22,23). The van der Waals surface area contributed by atoms with Gasteiger partial charge in [0.25, 0.3) is 5.91 Å². The summed E-state index contributed by atoms with van der Waals surface area (Å²) in [4.78, 5) is 22.1. The maximum atomic E-state index is 11.2. The van der Waals surface area contributed by atoms with E-state index in [1.54, 1.807) is 12.1 Å². The minimum Gasteiger partial charge on any atom is -0.484 e. The van der Waals surface area contributed by atoms with E-state index in [4.69, 9.17) is 20.4 Å². The molecule has 0 saturated heterocycles. The Morgan fingerprint density at radius 2 is 1.72 bits per heavy atom. The second-order valence-electron chi connectivity index (χ2n) is 5.35. The van der Waals surface area contributed by atoms with Crippen molar-refractivity contribution in [3.63, 3.8) is 0 Å². The molecule has 3 rings (SSSR count). The topological polar surface area (TPSA) is 111 Å². The molecular formula is C18H16N2O5. The summed E-state index contributed by atoms with van der Waals surface area (Å²) >= 11 is 0. The number of carboxylic acids is 1. The molecule has 0 atom stereocenters. The highest BCUT2D eigenvalue weighted by Gasteiger charge is 2.12. The van der Waals surface area contributed by atoms with Gasteiger partial charge in [0, 0.05) is 10.8 Å². The number of hydrogen-bond donors (Lipinski definition) is 3. The van der Waals surface area contributed by atoms with Gasteiger partial charge in [-0.3, -0.25) is 10.2 Å². The maximum absolute atomic E-state index is 11.2. The number of carboxylic acid groups (broad SMARTS) is 1. The molecule has 0 heterocycles. The van der Waals surface area contributed by atoms with Gasteiger partial charge in [0.1, 0.15) is 11.5 Å². The summed E-state index contributed by atoms with van der Waals surface area (Å²) in [6.07, 6.45) is 0. The number of hydrogen-bond acceptors (Lipinski definition) is 5. The highest BCUT2D eigenvalue weighted by Crippen LogP contribution is 2.36. The maximum Gasteiger partial charge on any atom is 0.341 e. The Balaban J connectivity index is 2.09. The second-order valence-corrected chi connectivity index (χ2v) is 5.35. The number of fused-ring (bicyclic) bond motifs is 2. The number of aliphatic carboxylic acids is 1. The summed E-state index contributed by atoms with van der Waals surface area (Å²) in [5.74, 6) is 4.42. The lowest BCUT2D eigenvalue weighted by Gasteiger charge is -2.13. The van der Waals surface area contributed by atoms with Crippen LogP contribution in [0, 0.1) is 0 Å². The summed E-state index contributed by atoms with van der Waals surface area (Å²) in [6, 6.07) is 14.8. The van der Waals surface area contributed by atoms with E-state index >= 15 is 0 Å². The van der Waals surface area contributed by atoms with Crippen molar-refractivity contribution in [1.29, 1.82) is 0 Å². The molecule has 0 spiro atoms. The van der Waals surface area contributed by atoms with Gasteiger partial charge in [0.2, 0.25) is 0 Å². The van der Waals surface area contributed by atoms with E-state index in [1.165, 1.54) is 0 Å². The number of hydrazine groups is 1. The van der Waals surface area contributed by atoms with Gasteiger partial charge in [-0.1, -0.05) is 30.3 Å². The summed E-state index contributed by atoms with van der Waals surface area (Å²) in [5.41, 5.74) is 1.99. The van der Waals surface area contributed by atoms with Crippen molar-refractivity contribution in [3.05, 3.63) is 48.5 Å². The lowest BCUT2D eigenvalue weighted by atomic mass is 10.0. The van der Waals surface area contributed by atoms with E-state index < -0.39 is 18.5 Å².